The molecule has 1 atom stereocenters. The van der Waals surface area contributed by atoms with Gasteiger partial charge in [0.15, 0.2) is 5.82 Å². The van der Waals surface area contributed by atoms with Crippen LogP contribution in [0.3, 0.4) is 0 Å². The minimum Gasteiger partial charge on any atom is -0.402 e. The van der Waals surface area contributed by atoms with Crippen molar-refractivity contribution in [3.8, 4) is 0 Å². The van der Waals surface area contributed by atoms with E-state index in [0.29, 0.717) is 24.7 Å². The molecule has 1 saturated carbocycles. The van der Waals surface area contributed by atoms with Gasteiger partial charge in [-0.05, 0) is 42.5 Å². The Labute approximate surface area is 128 Å². The van der Waals surface area contributed by atoms with Gasteiger partial charge in [0.25, 0.3) is 0 Å². The molecule has 1 fully saturated rings. The Balaban J connectivity index is 1.73. The van der Waals surface area contributed by atoms with Crippen molar-refractivity contribution in [2.45, 2.75) is 50.7 Å². The van der Waals surface area contributed by atoms with Gasteiger partial charge in [-0.1, -0.05) is 0 Å². The number of nitrogens with two attached hydrogens (primary N) is 1. The van der Waals surface area contributed by atoms with Crippen molar-refractivity contribution < 1.29 is 19.5 Å². The molecule has 0 radical (unpaired) electrons. The van der Waals surface area contributed by atoms with Gasteiger partial charge in [0.2, 0.25) is 5.91 Å². The molecule has 0 aliphatic heterocycles. The Morgan fingerprint density at radius 1 is 1.50 bits per heavy atom. The summed E-state index contributed by atoms with van der Waals surface area (Å²) in [5.41, 5.74) is 6.04. The zero-order valence-electron chi connectivity index (χ0n) is 12.3. The highest BCUT2D eigenvalue weighted by atomic mass is 16.6. The molecule has 1 aliphatic carbocycles. The fourth-order valence-corrected chi connectivity index (χ4v) is 2.01. The molecular weight excluding hydrogens is 291 g/mol. The normalized spacial score (nSPS) is 15.6. The average molecular weight is 312 g/mol. The van der Waals surface area contributed by atoms with Crippen molar-refractivity contribution in [1.29, 1.82) is 0 Å². The summed E-state index contributed by atoms with van der Waals surface area (Å²) in [6, 6.07) is -0.0919. The van der Waals surface area contributed by atoms with Crippen LogP contribution in [0.25, 0.3) is 0 Å². The Kier molecular flexibility index (Phi) is 6.25. The number of nitrogens with zero attached hydrogens (tertiary/aromatic N) is 4. The van der Waals surface area contributed by atoms with E-state index >= 15 is 0 Å². The largest absolute Gasteiger partial charge is 0.633 e. The summed E-state index contributed by atoms with van der Waals surface area (Å²) >= 11 is 0. The molecule has 0 spiro atoms. The van der Waals surface area contributed by atoms with Gasteiger partial charge in [-0.2, -0.15) is 0 Å². The number of hydrogen-bond acceptors (Lipinski definition) is 8. The van der Waals surface area contributed by atoms with Gasteiger partial charge in [0.1, 0.15) is 6.54 Å². The predicted molar refractivity (Wildman–Crippen MR) is 75.9 cm³/mol. The molecule has 1 aromatic heterocycles. The topological polar surface area (TPSA) is 148 Å². The van der Waals surface area contributed by atoms with Crippen LogP contribution in [-0.2, 0) is 16.0 Å². The van der Waals surface area contributed by atoms with E-state index in [4.69, 9.17) is 15.8 Å². The lowest BCUT2D eigenvalue weighted by molar-refractivity contribution is -0.122. The molecule has 1 aromatic rings. The average Bonchev–Trinajstić information content (AvgIpc) is 3.13. The third-order valence-corrected chi connectivity index (χ3v) is 3.30. The molecule has 10 nitrogen and oxygen atoms in total. The summed E-state index contributed by atoms with van der Waals surface area (Å²) in [5, 5.41) is 31.2. The highest BCUT2D eigenvalue weighted by Crippen LogP contribution is 2.18. The van der Waals surface area contributed by atoms with Crippen LogP contribution in [0.1, 0.15) is 44.0 Å². The zero-order chi connectivity index (χ0) is 15.9. The summed E-state index contributed by atoms with van der Waals surface area (Å²) in [4.78, 5) is 11.8. The fraction of sp³-hybridized carbons (Fsp3) is 0.818. The monoisotopic (exact) mass is 312 g/mol. The fourth-order valence-electron chi connectivity index (χ4n) is 2.01. The summed E-state index contributed by atoms with van der Waals surface area (Å²) in [7, 11) is -1.74. The summed E-state index contributed by atoms with van der Waals surface area (Å²) in [5.74, 6) is 0.350. The standard InChI is InChI=1S/C11H21BN6O4/c13-9(3-1-2-6-22-12(20)21)11-15-16-17-18(11)7-10(19)14-8-4-5-8/h8-9,20-21H,1-7,13H2,(H,14,19). The number of carbonyl (C=O) groups excluding carboxylic acids is 1. The van der Waals surface area contributed by atoms with E-state index in [1.54, 1.807) is 0 Å². The van der Waals surface area contributed by atoms with Gasteiger partial charge >= 0.3 is 7.32 Å². The second-order valence-corrected chi connectivity index (χ2v) is 5.34. The number of unbranched alkanes of at least 4 members (excludes halogenated alkanes) is 1. The Bertz CT molecular complexity index is 481. The van der Waals surface area contributed by atoms with Crippen LogP contribution in [0.4, 0.5) is 0 Å². The Morgan fingerprint density at radius 2 is 2.27 bits per heavy atom. The second kappa shape index (κ2) is 8.18. The lowest BCUT2D eigenvalue weighted by Gasteiger charge is -2.11. The zero-order valence-corrected chi connectivity index (χ0v) is 12.3. The van der Waals surface area contributed by atoms with Crippen molar-refractivity contribution in [1.82, 2.24) is 25.5 Å². The molecule has 22 heavy (non-hydrogen) atoms. The molecule has 1 unspecified atom stereocenters. The number of tetrazole rings is 1. The van der Waals surface area contributed by atoms with E-state index in [1.807, 2.05) is 0 Å². The molecular formula is C11H21BN6O4. The lowest BCUT2D eigenvalue weighted by atomic mass is 10.1. The minimum absolute atomic E-state index is 0.0619. The first kappa shape index (κ1) is 16.8. The van der Waals surface area contributed by atoms with Crippen LogP contribution in [0.15, 0.2) is 0 Å². The van der Waals surface area contributed by atoms with Crippen LogP contribution in [-0.4, -0.2) is 56.1 Å². The van der Waals surface area contributed by atoms with Crippen molar-refractivity contribution in [3.05, 3.63) is 5.82 Å². The molecule has 2 rings (SSSR count). The second-order valence-electron chi connectivity index (χ2n) is 5.34. The van der Waals surface area contributed by atoms with Crippen molar-refractivity contribution in [2.24, 2.45) is 5.73 Å². The molecule has 122 valence electrons. The minimum atomic E-state index is -1.74. The van der Waals surface area contributed by atoms with Crippen LogP contribution in [0.2, 0.25) is 0 Å². The number of rotatable bonds is 10. The van der Waals surface area contributed by atoms with Gasteiger partial charge in [-0.15, -0.1) is 5.10 Å². The molecule has 11 heteroatoms. The third-order valence-electron chi connectivity index (χ3n) is 3.30. The first-order chi connectivity index (χ1) is 10.6. The maximum absolute atomic E-state index is 11.8. The third kappa shape index (κ3) is 5.68. The summed E-state index contributed by atoms with van der Waals surface area (Å²) in [6.07, 6.45) is 4.01. The number of aromatic nitrogens is 4. The van der Waals surface area contributed by atoms with Crippen LogP contribution in [0.5, 0.6) is 0 Å². The molecule has 1 heterocycles. The van der Waals surface area contributed by atoms with Gasteiger partial charge in [-0.25, -0.2) is 4.68 Å². The van der Waals surface area contributed by atoms with Crippen LogP contribution < -0.4 is 11.1 Å². The molecule has 1 aliphatic rings. The van der Waals surface area contributed by atoms with E-state index in [-0.39, 0.29) is 25.1 Å². The predicted octanol–water partition coefficient (Wildman–Crippen LogP) is -1.89. The molecule has 0 saturated heterocycles. The SMILES string of the molecule is NC(CCCCOB(O)O)c1nnnn1CC(=O)NC1CC1. The van der Waals surface area contributed by atoms with Crippen molar-refractivity contribution in [3.63, 3.8) is 0 Å². The highest BCUT2D eigenvalue weighted by Gasteiger charge is 2.24. The molecule has 0 bridgehead atoms. The van der Waals surface area contributed by atoms with Crippen LogP contribution in [0, 0.1) is 0 Å². The van der Waals surface area contributed by atoms with E-state index in [0.717, 1.165) is 19.3 Å². The first-order valence-corrected chi connectivity index (χ1v) is 7.35. The molecule has 5 N–H and O–H groups in total. The summed E-state index contributed by atoms with van der Waals surface area (Å²) in [6.45, 7) is 0.297. The Morgan fingerprint density at radius 3 is 2.95 bits per heavy atom. The van der Waals surface area contributed by atoms with Gasteiger partial charge < -0.3 is 25.8 Å². The maximum atomic E-state index is 11.8. The first-order valence-electron chi connectivity index (χ1n) is 7.35. The van der Waals surface area contributed by atoms with Crippen LogP contribution >= 0.6 is 0 Å². The maximum Gasteiger partial charge on any atom is 0.633 e. The van der Waals surface area contributed by atoms with Crippen molar-refractivity contribution in [2.75, 3.05) is 6.61 Å². The Hall–Kier alpha value is -1.56. The molecule has 1 amide bonds. The number of carbonyl (C=O) groups is 1. The number of nitrogens with one attached hydrogen (secondary N) is 1. The van der Waals surface area contributed by atoms with Crippen molar-refractivity contribution >= 4 is 13.2 Å². The van der Waals surface area contributed by atoms with E-state index in [2.05, 4.69) is 25.5 Å². The van der Waals surface area contributed by atoms with E-state index < -0.39 is 7.32 Å². The van der Waals surface area contributed by atoms with Gasteiger partial charge in [-0.3, -0.25) is 4.79 Å². The number of hydrogen-bond donors (Lipinski definition) is 4. The lowest BCUT2D eigenvalue weighted by Crippen LogP contribution is -2.31. The smallest absolute Gasteiger partial charge is 0.402 e. The van der Waals surface area contributed by atoms with Gasteiger partial charge in [0.05, 0.1) is 6.04 Å². The summed E-state index contributed by atoms with van der Waals surface area (Å²) < 4.78 is 6.02. The molecule has 0 aromatic carbocycles. The van der Waals surface area contributed by atoms with E-state index in [1.165, 1.54) is 4.68 Å². The highest BCUT2D eigenvalue weighted by molar-refractivity contribution is 6.32. The van der Waals surface area contributed by atoms with E-state index in [9.17, 15) is 4.79 Å². The quantitative estimate of drug-likeness (QED) is 0.289. The van der Waals surface area contributed by atoms with Gasteiger partial charge in [0, 0.05) is 12.6 Å². The number of amides is 1.